The number of likely N-dealkylation sites (N-methyl/N-ethyl adjacent to an activating group) is 1. The minimum Gasteiger partial charge on any atom is -0.337 e. The van der Waals surface area contributed by atoms with Gasteiger partial charge in [0.25, 0.3) is 11.6 Å². The molecule has 1 atom stereocenters. The van der Waals surface area contributed by atoms with E-state index in [1.54, 1.807) is 17.9 Å². The largest absolute Gasteiger partial charge is 0.337 e. The van der Waals surface area contributed by atoms with Gasteiger partial charge in [-0.2, -0.15) is 0 Å². The van der Waals surface area contributed by atoms with Gasteiger partial charge in [0.1, 0.15) is 0 Å². The molecule has 1 amide bonds. The van der Waals surface area contributed by atoms with E-state index < -0.39 is 4.92 Å². The van der Waals surface area contributed by atoms with Gasteiger partial charge in [-0.05, 0) is 45.4 Å². The van der Waals surface area contributed by atoms with Crippen LogP contribution < -0.4 is 5.32 Å². The minimum atomic E-state index is -0.427. The van der Waals surface area contributed by atoms with E-state index in [9.17, 15) is 14.9 Å². The topological polar surface area (TPSA) is 75.5 Å². The van der Waals surface area contributed by atoms with E-state index in [-0.39, 0.29) is 11.6 Å². The first-order valence-corrected chi connectivity index (χ1v) is 7.30. The molecule has 1 fully saturated rings. The van der Waals surface area contributed by atoms with E-state index >= 15 is 0 Å². The molecule has 2 rings (SSSR count). The maximum atomic E-state index is 12.5. The summed E-state index contributed by atoms with van der Waals surface area (Å²) in [6.07, 6.45) is 2.23. The molecule has 0 aliphatic carbocycles. The molecule has 6 nitrogen and oxygen atoms in total. The summed E-state index contributed by atoms with van der Waals surface area (Å²) in [6.45, 7) is 5.93. The van der Waals surface area contributed by atoms with Crippen molar-refractivity contribution in [2.75, 3.05) is 19.6 Å². The van der Waals surface area contributed by atoms with Crippen LogP contribution >= 0.6 is 0 Å². The van der Waals surface area contributed by atoms with Crippen molar-refractivity contribution >= 4 is 11.6 Å². The SMILES string of the molecule is CCN(CC1CCCN1)C(=O)c1ccc([N+](=O)[O-])c(C)c1. The van der Waals surface area contributed by atoms with Crippen molar-refractivity contribution in [2.45, 2.75) is 32.7 Å². The van der Waals surface area contributed by atoms with Gasteiger partial charge in [-0.1, -0.05) is 0 Å². The summed E-state index contributed by atoms with van der Waals surface area (Å²) < 4.78 is 0. The first kappa shape index (κ1) is 15.4. The molecule has 1 aliphatic heterocycles. The number of benzene rings is 1. The lowest BCUT2D eigenvalue weighted by atomic mass is 10.1. The van der Waals surface area contributed by atoms with E-state index in [0.717, 1.165) is 19.4 Å². The quantitative estimate of drug-likeness (QED) is 0.666. The molecule has 1 unspecified atom stereocenters. The van der Waals surface area contributed by atoms with E-state index in [1.807, 2.05) is 6.92 Å². The van der Waals surface area contributed by atoms with Crippen molar-refractivity contribution in [3.05, 3.63) is 39.4 Å². The maximum absolute atomic E-state index is 12.5. The number of aryl methyl sites for hydroxylation is 1. The van der Waals surface area contributed by atoms with Gasteiger partial charge in [-0.15, -0.1) is 0 Å². The summed E-state index contributed by atoms with van der Waals surface area (Å²) in [5, 5.41) is 14.2. The van der Waals surface area contributed by atoms with Crippen LogP contribution in [0.2, 0.25) is 0 Å². The summed E-state index contributed by atoms with van der Waals surface area (Å²) in [7, 11) is 0. The van der Waals surface area contributed by atoms with Crippen LogP contribution in [-0.4, -0.2) is 41.4 Å². The van der Waals surface area contributed by atoms with Crippen LogP contribution in [0.3, 0.4) is 0 Å². The highest BCUT2D eigenvalue weighted by Crippen LogP contribution is 2.20. The standard InChI is InChI=1S/C15H21N3O3/c1-3-17(10-13-5-4-8-16-13)15(19)12-6-7-14(18(20)21)11(2)9-12/h6-7,9,13,16H,3-5,8,10H2,1-2H3. The van der Waals surface area contributed by atoms with Crippen molar-refractivity contribution in [3.8, 4) is 0 Å². The van der Waals surface area contributed by atoms with Gasteiger partial charge in [0.15, 0.2) is 0 Å². The molecule has 0 aromatic heterocycles. The number of nitro groups is 1. The normalized spacial score (nSPS) is 17.7. The molecule has 0 saturated carbocycles. The van der Waals surface area contributed by atoms with Crippen LogP contribution in [0.1, 0.15) is 35.7 Å². The Morgan fingerprint density at radius 2 is 2.29 bits per heavy atom. The second-order valence-corrected chi connectivity index (χ2v) is 5.40. The Morgan fingerprint density at radius 3 is 2.81 bits per heavy atom. The van der Waals surface area contributed by atoms with Gasteiger partial charge >= 0.3 is 0 Å². The average molecular weight is 291 g/mol. The average Bonchev–Trinajstić information content (AvgIpc) is 2.96. The molecule has 1 saturated heterocycles. The number of amides is 1. The first-order valence-electron chi connectivity index (χ1n) is 7.30. The summed E-state index contributed by atoms with van der Waals surface area (Å²) >= 11 is 0. The molecule has 6 heteroatoms. The summed E-state index contributed by atoms with van der Waals surface area (Å²) in [5.74, 6) is -0.0656. The zero-order valence-corrected chi connectivity index (χ0v) is 12.5. The molecule has 1 aromatic rings. The van der Waals surface area contributed by atoms with E-state index in [4.69, 9.17) is 0 Å². The number of carbonyl (C=O) groups is 1. The zero-order chi connectivity index (χ0) is 15.4. The molecule has 1 aliphatic rings. The summed E-state index contributed by atoms with van der Waals surface area (Å²) in [4.78, 5) is 24.7. The summed E-state index contributed by atoms with van der Waals surface area (Å²) in [5.41, 5.74) is 1.07. The fraction of sp³-hybridized carbons (Fsp3) is 0.533. The Balaban J connectivity index is 2.13. The lowest BCUT2D eigenvalue weighted by Gasteiger charge is -2.24. The number of nitrogens with zero attached hydrogens (tertiary/aromatic N) is 2. The van der Waals surface area contributed by atoms with Crippen molar-refractivity contribution in [2.24, 2.45) is 0 Å². The first-order chi connectivity index (χ1) is 10.0. The van der Waals surface area contributed by atoms with Crippen molar-refractivity contribution in [1.82, 2.24) is 10.2 Å². The van der Waals surface area contributed by atoms with Crippen molar-refractivity contribution < 1.29 is 9.72 Å². The number of hydrogen-bond acceptors (Lipinski definition) is 4. The van der Waals surface area contributed by atoms with Crippen LogP contribution in [0.25, 0.3) is 0 Å². The van der Waals surface area contributed by atoms with Gasteiger partial charge < -0.3 is 10.2 Å². The molecule has 21 heavy (non-hydrogen) atoms. The lowest BCUT2D eigenvalue weighted by molar-refractivity contribution is -0.385. The number of rotatable bonds is 5. The number of hydrogen-bond donors (Lipinski definition) is 1. The second-order valence-electron chi connectivity index (χ2n) is 5.40. The Morgan fingerprint density at radius 1 is 1.52 bits per heavy atom. The zero-order valence-electron chi connectivity index (χ0n) is 12.5. The molecule has 1 N–H and O–H groups in total. The third kappa shape index (κ3) is 3.58. The van der Waals surface area contributed by atoms with Gasteiger partial charge in [0.05, 0.1) is 4.92 Å². The van der Waals surface area contributed by atoms with Gasteiger partial charge in [0, 0.05) is 36.3 Å². The van der Waals surface area contributed by atoms with Crippen LogP contribution in [-0.2, 0) is 0 Å². The molecule has 0 radical (unpaired) electrons. The van der Waals surface area contributed by atoms with Crippen LogP contribution in [0, 0.1) is 17.0 Å². The Kier molecular flexibility index (Phi) is 4.90. The molecule has 0 spiro atoms. The highest BCUT2D eigenvalue weighted by atomic mass is 16.6. The van der Waals surface area contributed by atoms with Gasteiger partial charge in [0.2, 0.25) is 0 Å². The lowest BCUT2D eigenvalue weighted by Crippen LogP contribution is -2.41. The fourth-order valence-corrected chi connectivity index (χ4v) is 2.71. The highest BCUT2D eigenvalue weighted by Gasteiger charge is 2.22. The maximum Gasteiger partial charge on any atom is 0.272 e. The predicted octanol–water partition coefficient (Wildman–Crippen LogP) is 2.12. The Labute approximate surface area is 124 Å². The third-order valence-corrected chi connectivity index (χ3v) is 3.91. The Hall–Kier alpha value is -1.95. The van der Waals surface area contributed by atoms with E-state index in [2.05, 4.69) is 5.32 Å². The van der Waals surface area contributed by atoms with Crippen LogP contribution in [0.15, 0.2) is 18.2 Å². The minimum absolute atomic E-state index is 0.0482. The van der Waals surface area contributed by atoms with Crippen LogP contribution in [0.5, 0.6) is 0 Å². The number of nitrogens with one attached hydrogen (secondary N) is 1. The highest BCUT2D eigenvalue weighted by molar-refractivity contribution is 5.94. The van der Waals surface area contributed by atoms with Gasteiger partial charge in [-0.25, -0.2) is 0 Å². The molecule has 1 heterocycles. The molecular weight excluding hydrogens is 270 g/mol. The second kappa shape index (κ2) is 6.67. The van der Waals surface area contributed by atoms with Crippen molar-refractivity contribution in [3.63, 3.8) is 0 Å². The smallest absolute Gasteiger partial charge is 0.272 e. The number of nitro benzene ring substituents is 1. The Bertz CT molecular complexity index is 539. The fourth-order valence-electron chi connectivity index (χ4n) is 2.71. The molecule has 1 aromatic carbocycles. The van der Waals surface area contributed by atoms with E-state index in [0.29, 0.717) is 30.3 Å². The molecular formula is C15H21N3O3. The van der Waals surface area contributed by atoms with Crippen LogP contribution in [0.4, 0.5) is 5.69 Å². The summed E-state index contributed by atoms with van der Waals surface area (Å²) in [6, 6.07) is 4.90. The monoisotopic (exact) mass is 291 g/mol. The third-order valence-electron chi connectivity index (χ3n) is 3.91. The predicted molar refractivity (Wildman–Crippen MR) is 80.4 cm³/mol. The van der Waals surface area contributed by atoms with Crippen molar-refractivity contribution in [1.29, 1.82) is 0 Å². The van der Waals surface area contributed by atoms with Gasteiger partial charge in [-0.3, -0.25) is 14.9 Å². The molecule has 114 valence electrons. The number of carbonyl (C=O) groups excluding carboxylic acids is 1. The molecule has 0 bridgehead atoms. The van der Waals surface area contributed by atoms with E-state index in [1.165, 1.54) is 12.1 Å².